The molecule has 0 amide bonds. The van der Waals surface area contributed by atoms with Crippen LogP contribution in [-0.2, 0) is 0 Å². The fourth-order valence-corrected chi connectivity index (χ4v) is 2.47. The van der Waals surface area contributed by atoms with E-state index in [0.29, 0.717) is 22.1 Å². The molecule has 0 aliphatic heterocycles. The first-order chi connectivity index (χ1) is 9.52. The molecule has 0 heterocycles. The van der Waals surface area contributed by atoms with Crippen LogP contribution in [0.3, 0.4) is 0 Å². The average Bonchev–Trinajstić information content (AvgIpc) is 2.41. The second kappa shape index (κ2) is 6.15. The number of hydrogen-bond donors (Lipinski definition) is 2. The van der Waals surface area contributed by atoms with Gasteiger partial charge in [-0.15, -0.1) is 0 Å². The zero-order valence-electron chi connectivity index (χ0n) is 10.6. The second-order valence-corrected chi connectivity index (χ2v) is 5.43. The van der Waals surface area contributed by atoms with Gasteiger partial charge < -0.3 is 15.7 Å². The van der Waals surface area contributed by atoms with Crippen LogP contribution in [0.4, 0.5) is 0 Å². The summed E-state index contributed by atoms with van der Waals surface area (Å²) in [5.74, 6) is 1.00. The molecule has 0 atom stereocenters. The summed E-state index contributed by atoms with van der Waals surface area (Å²) in [6.07, 6.45) is 0. The normalized spacial score (nSPS) is 11.4. The highest BCUT2D eigenvalue weighted by Crippen LogP contribution is 2.32. The van der Waals surface area contributed by atoms with E-state index in [1.807, 2.05) is 25.1 Å². The van der Waals surface area contributed by atoms with E-state index in [1.165, 1.54) is 0 Å². The van der Waals surface area contributed by atoms with Gasteiger partial charge in [-0.2, -0.15) is 0 Å². The van der Waals surface area contributed by atoms with Crippen molar-refractivity contribution in [2.45, 2.75) is 6.92 Å². The van der Waals surface area contributed by atoms with Crippen LogP contribution in [0.2, 0.25) is 5.02 Å². The van der Waals surface area contributed by atoms with Crippen molar-refractivity contribution in [3.05, 3.63) is 57.0 Å². The predicted octanol–water partition coefficient (Wildman–Crippen LogP) is 4.30. The van der Waals surface area contributed by atoms with Crippen molar-refractivity contribution in [2.75, 3.05) is 0 Å². The van der Waals surface area contributed by atoms with Crippen molar-refractivity contribution < 1.29 is 9.94 Å². The lowest BCUT2D eigenvalue weighted by atomic mass is 10.1. The fourth-order valence-electron chi connectivity index (χ4n) is 1.73. The molecule has 2 aromatic rings. The van der Waals surface area contributed by atoms with Gasteiger partial charge >= 0.3 is 0 Å². The highest BCUT2D eigenvalue weighted by molar-refractivity contribution is 9.10. The molecule has 0 aliphatic rings. The van der Waals surface area contributed by atoms with Crippen LogP contribution < -0.4 is 10.5 Å². The molecule has 4 nitrogen and oxygen atoms in total. The molecule has 2 rings (SSSR count). The van der Waals surface area contributed by atoms with Crippen molar-refractivity contribution in [2.24, 2.45) is 10.9 Å². The van der Waals surface area contributed by atoms with E-state index in [9.17, 15) is 0 Å². The second-order valence-electron chi connectivity index (χ2n) is 4.11. The maximum Gasteiger partial charge on any atom is 0.175 e. The van der Waals surface area contributed by atoms with Crippen LogP contribution in [0.5, 0.6) is 11.5 Å². The van der Waals surface area contributed by atoms with E-state index in [0.717, 1.165) is 10.0 Å². The van der Waals surface area contributed by atoms with Gasteiger partial charge in [-0.3, -0.25) is 0 Å². The monoisotopic (exact) mass is 354 g/mol. The van der Waals surface area contributed by atoms with Gasteiger partial charge in [-0.1, -0.05) is 38.8 Å². The molecule has 0 aliphatic carbocycles. The summed E-state index contributed by atoms with van der Waals surface area (Å²) in [5.41, 5.74) is 6.95. The molecule has 0 bridgehead atoms. The largest absolute Gasteiger partial charge is 0.456 e. The average molecular weight is 356 g/mol. The van der Waals surface area contributed by atoms with Crippen molar-refractivity contribution in [3.63, 3.8) is 0 Å². The Balaban J connectivity index is 2.46. The Hall–Kier alpha value is -1.72. The third-order valence-corrected chi connectivity index (χ3v) is 3.50. The lowest BCUT2D eigenvalue weighted by Crippen LogP contribution is -2.15. The maximum atomic E-state index is 8.84. The van der Waals surface area contributed by atoms with Crippen LogP contribution >= 0.6 is 27.5 Å². The number of ether oxygens (including phenoxy) is 1. The van der Waals surface area contributed by atoms with E-state index >= 15 is 0 Å². The summed E-state index contributed by atoms with van der Waals surface area (Å²) in [4.78, 5) is 0. The number of hydrogen-bond acceptors (Lipinski definition) is 3. The number of halogens is 2. The summed E-state index contributed by atoms with van der Waals surface area (Å²) in [6, 6.07) is 10.7. The lowest BCUT2D eigenvalue weighted by Gasteiger charge is -2.13. The molecule has 6 heteroatoms. The quantitative estimate of drug-likeness (QED) is 0.373. The van der Waals surface area contributed by atoms with Crippen LogP contribution in [-0.4, -0.2) is 11.0 Å². The zero-order valence-corrected chi connectivity index (χ0v) is 12.9. The minimum Gasteiger partial charge on any atom is -0.456 e. The topological polar surface area (TPSA) is 67.8 Å². The molecular weight excluding hydrogens is 344 g/mol. The zero-order chi connectivity index (χ0) is 14.7. The SMILES string of the molecule is Cc1cc(Br)ccc1Oc1cccc(Cl)c1C(N)=NO. The first kappa shape index (κ1) is 14.7. The number of nitrogens with zero attached hydrogens (tertiary/aromatic N) is 1. The third-order valence-electron chi connectivity index (χ3n) is 2.70. The molecule has 0 spiro atoms. The maximum absolute atomic E-state index is 8.84. The van der Waals surface area contributed by atoms with Crippen molar-refractivity contribution >= 4 is 33.4 Å². The predicted molar refractivity (Wildman–Crippen MR) is 82.9 cm³/mol. The Labute approximate surface area is 129 Å². The standard InChI is InChI=1S/C14H12BrClN2O2/c1-8-7-9(15)5-6-11(8)20-12-4-2-3-10(16)13(12)14(17)18-19/h2-7,19H,1H3,(H2,17,18). The van der Waals surface area contributed by atoms with Crippen LogP contribution in [0.1, 0.15) is 11.1 Å². The molecule has 20 heavy (non-hydrogen) atoms. The van der Waals surface area contributed by atoms with Gasteiger partial charge in [-0.05, 0) is 42.8 Å². The van der Waals surface area contributed by atoms with Gasteiger partial charge in [0.05, 0.1) is 10.6 Å². The van der Waals surface area contributed by atoms with E-state index in [4.69, 9.17) is 27.3 Å². The number of amidine groups is 1. The van der Waals surface area contributed by atoms with E-state index in [1.54, 1.807) is 18.2 Å². The van der Waals surface area contributed by atoms with Crippen molar-refractivity contribution in [1.29, 1.82) is 0 Å². The fraction of sp³-hybridized carbons (Fsp3) is 0.0714. The van der Waals surface area contributed by atoms with E-state index in [-0.39, 0.29) is 5.84 Å². The highest BCUT2D eigenvalue weighted by atomic mass is 79.9. The summed E-state index contributed by atoms with van der Waals surface area (Å²) in [6.45, 7) is 1.92. The Morgan fingerprint density at radius 3 is 2.70 bits per heavy atom. The first-order valence-corrected chi connectivity index (χ1v) is 6.90. The molecule has 3 N–H and O–H groups in total. The molecule has 0 fully saturated rings. The van der Waals surface area contributed by atoms with Crippen LogP contribution in [0.15, 0.2) is 46.0 Å². The van der Waals surface area contributed by atoms with Crippen LogP contribution in [0.25, 0.3) is 0 Å². The summed E-state index contributed by atoms with van der Waals surface area (Å²) < 4.78 is 6.78. The van der Waals surface area contributed by atoms with Crippen molar-refractivity contribution in [1.82, 2.24) is 0 Å². The highest BCUT2D eigenvalue weighted by Gasteiger charge is 2.14. The van der Waals surface area contributed by atoms with Gasteiger partial charge in [0.15, 0.2) is 5.84 Å². The number of rotatable bonds is 3. The van der Waals surface area contributed by atoms with Gasteiger partial charge in [0.25, 0.3) is 0 Å². The van der Waals surface area contributed by atoms with Gasteiger partial charge in [0.2, 0.25) is 0 Å². The summed E-state index contributed by atoms with van der Waals surface area (Å²) in [7, 11) is 0. The molecular formula is C14H12BrClN2O2. The molecule has 0 aromatic heterocycles. The first-order valence-electron chi connectivity index (χ1n) is 5.73. The van der Waals surface area contributed by atoms with E-state index in [2.05, 4.69) is 21.1 Å². The lowest BCUT2D eigenvalue weighted by molar-refractivity contribution is 0.318. The van der Waals surface area contributed by atoms with Gasteiger partial charge in [0, 0.05) is 4.47 Å². The minimum absolute atomic E-state index is 0.0969. The molecule has 0 saturated heterocycles. The number of aryl methyl sites for hydroxylation is 1. The minimum atomic E-state index is -0.0969. The van der Waals surface area contributed by atoms with Gasteiger partial charge in [-0.25, -0.2) is 0 Å². The van der Waals surface area contributed by atoms with Crippen molar-refractivity contribution in [3.8, 4) is 11.5 Å². The van der Waals surface area contributed by atoms with Gasteiger partial charge in [0.1, 0.15) is 11.5 Å². The summed E-state index contributed by atoms with van der Waals surface area (Å²) in [5, 5.41) is 12.2. The third kappa shape index (κ3) is 3.05. The molecule has 0 radical (unpaired) electrons. The molecule has 0 unspecified atom stereocenters. The Kier molecular flexibility index (Phi) is 4.52. The number of nitrogens with two attached hydrogens (primary N) is 1. The smallest absolute Gasteiger partial charge is 0.175 e. The number of oxime groups is 1. The Bertz CT molecular complexity index is 674. The Morgan fingerprint density at radius 2 is 2.05 bits per heavy atom. The molecule has 2 aromatic carbocycles. The van der Waals surface area contributed by atoms with Crippen LogP contribution in [0, 0.1) is 6.92 Å². The molecule has 104 valence electrons. The Morgan fingerprint density at radius 1 is 1.30 bits per heavy atom. The molecule has 0 saturated carbocycles. The summed E-state index contributed by atoms with van der Waals surface area (Å²) >= 11 is 9.47. The number of benzene rings is 2. The van der Waals surface area contributed by atoms with E-state index < -0.39 is 0 Å².